The maximum absolute atomic E-state index is 11.4. The molecule has 394 valence electrons. The first-order chi connectivity index (χ1) is 36.3. The fourth-order valence-corrected chi connectivity index (χ4v) is 12.1. The predicted octanol–water partition coefficient (Wildman–Crippen LogP) is 9.76. The number of pyridine rings is 1. The van der Waals surface area contributed by atoms with Crippen LogP contribution in [0, 0.1) is 5.92 Å². The summed E-state index contributed by atoms with van der Waals surface area (Å²) < 4.78 is 0. The number of carbonyl (C=O) groups is 1. The van der Waals surface area contributed by atoms with E-state index in [0.29, 0.717) is 58.4 Å². The number of Topliss-reactive ketones (excluding diaryl/α,β-unsaturated/α-hetero) is 1. The van der Waals surface area contributed by atoms with Gasteiger partial charge in [-0.1, -0.05) is 26.0 Å². The highest BCUT2D eigenvalue weighted by Crippen LogP contribution is 2.39. The van der Waals surface area contributed by atoms with Crippen molar-refractivity contribution in [3.63, 3.8) is 0 Å². The summed E-state index contributed by atoms with van der Waals surface area (Å²) in [5.74, 6) is -3.54. The molecule has 8 heterocycles. The Labute approximate surface area is 457 Å². The van der Waals surface area contributed by atoms with Crippen LogP contribution in [0.3, 0.4) is 0 Å². The van der Waals surface area contributed by atoms with E-state index in [1.54, 1.807) is 59.0 Å². The van der Waals surface area contributed by atoms with Gasteiger partial charge in [-0.2, -0.15) is 0 Å². The van der Waals surface area contributed by atoms with Gasteiger partial charge < -0.3 is 40.9 Å². The molecule has 0 aliphatic carbocycles. The van der Waals surface area contributed by atoms with E-state index >= 15 is 0 Å². The van der Waals surface area contributed by atoms with Gasteiger partial charge >= 0.3 is 0 Å². The zero-order chi connectivity index (χ0) is 54.5. The second-order valence-corrected chi connectivity index (χ2v) is 22.1. The first-order valence-corrected chi connectivity index (χ1v) is 28.1. The number of aliphatic hydroxyl groups excluding tert-OH is 8. The molecule has 0 amide bonds. The number of carbonyl (C=O) groups excluding carboxylic acids is 1. The molecule has 8 rings (SSSR count). The minimum absolute atomic E-state index is 0.00617. The molecule has 1 aliphatic rings. The van der Waals surface area contributed by atoms with E-state index < -0.39 is 59.8 Å². The topological polar surface area (TPSA) is 343 Å². The summed E-state index contributed by atoms with van der Waals surface area (Å²) in [5, 5.41) is 101. The number of hydrogen-bond acceptors (Lipinski definition) is 22. The molecule has 22 nitrogen and oxygen atoms in total. The Morgan fingerprint density at radius 1 is 0.618 bits per heavy atom. The van der Waals surface area contributed by atoms with Crippen molar-refractivity contribution in [2.45, 2.75) is 78.8 Å². The van der Waals surface area contributed by atoms with Crippen molar-refractivity contribution < 1.29 is 45.6 Å². The third-order valence-corrected chi connectivity index (χ3v) is 16.1. The number of aliphatic imine (C=N–C) groups is 6. The second-order valence-electron chi connectivity index (χ2n) is 16.9. The van der Waals surface area contributed by atoms with Crippen LogP contribution in [0.15, 0.2) is 92.2 Å². The van der Waals surface area contributed by atoms with Crippen molar-refractivity contribution in [3.8, 4) is 43.4 Å². The SMILES string of the molecule is C/C=C(\N=C(O)c1csc(-c2csc(-c3ccc4c(n3)-c3csc(n3)[C@H]([C@@H](C)O)N=C(O)c3csc(n3)[C@H](C(C)C)N=C(O)c3csc(n3)/C(=C/C)N=C(O)[C@H]([C@@H](C)O)N=C(O)c3csc-4n3)n2)n1)C(O)=NCC(C)=O. The average molecular weight is 1140 g/mol. The first kappa shape index (κ1) is 55.1. The summed E-state index contributed by atoms with van der Waals surface area (Å²) in [6, 6.07) is 0.308. The van der Waals surface area contributed by atoms with E-state index in [0.717, 1.165) is 22.7 Å². The van der Waals surface area contributed by atoms with Gasteiger partial charge in [0.1, 0.15) is 94.2 Å². The average Bonchev–Trinajstić information content (AvgIpc) is 4.26. The number of hydrogen-bond donors (Lipinski definition) is 8. The molecule has 0 unspecified atom stereocenters. The maximum atomic E-state index is 11.4. The number of rotatable bonds is 10. The summed E-state index contributed by atoms with van der Waals surface area (Å²) >= 11 is 7.09. The molecule has 5 atom stereocenters. The number of fused-ring (bicyclic) bond motifs is 11. The third kappa shape index (κ3) is 12.4. The van der Waals surface area contributed by atoms with E-state index in [4.69, 9.17) is 15.0 Å². The summed E-state index contributed by atoms with van der Waals surface area (Å²) in [6.45, 7) is 11.0. The van der Waals surface area contributed by atoms with Gasteiger partial charge in [-0.15, -0.1) is 68.0 Å². The fourth-order valence-electron chi connectivity index (χ4n) is 6.92. The van der Waals surface area contributed by atoms with Gasteiger partial charge in [0.05, 0.1) is 23.6 Å². The van der Waals surface area contributed by atoms with Crippen molar-refractivity contribution in [2.24, 2.45) is 35.9 Å². The minimum atomic E-state index is -1.44. The van der Waals surface area contributed by atoms with Crippen molar-refractivity contribution >= 4 is 115 Å². The van der Waals surface area contributed by atoms with Crippen molar-refractivity contribution in [1.29, 1.82) is 0 Å². The Hall–Kier alpha value is -7.18. The fraction of sp³-hybridized carbons (Fsp3) is 0.292. The van der Waals surface area contributed by atoms with E-state index in [1.807, 2.05) is 13.8 Å². The van der Waals surface area contributed by atoms with Gasteiger partial charge in [-0.25, -0.2) is 64.8 Å². The summed E-state index contributed by atoms with van der Waals surface area (Å²) in [5.41, 5.74) is 2.52. The highest BCUT2D eigenvalue weighted by atomic mass is 32.1. The molecule has 0 aromatic carbocycles. The molecule has 0 spiro atoms. The largest absolute Gasteiger partial charge is 0.495 e. The van der Waals surface area contributed by atoms with E-state index in [1.165, 1.54) is 77.6 Å². The Balaban J connectivity index is 1.21. The Kier molecular flexibility index (Phi) is 17.2. The number of allylic oxidation sites excluding steroid dienone is 2. The lowest BCUT2D eigenvalue weighted by Crippen LogP contribution is -2.31. The normalized spacial score (nSPS) is 18.7. The van der Waals surface area contributed by atoms with Crippen molar-refractivity contribution in [2.75, 3.05) is 6.54 Å². The van der Waals surface area contributed by atoms with Crippen molar-refractivity contribution in [1.82, 2.24) is 34.9 Å². The molecule has 28 heteroatoms. The van der Waals surface area contributed by atoms with Gasteiger partial charge in [0, 0.05) is 37.8 Å². The van der Waals surface area contributed by atoms with Crippen LogP contribution in [0.4, 0.5) is 0 Å². The minimum Gasteiger partial charge on any atom is -0.495 e. The maximum Gasteiger partial charge on any atom is 0.239 e. The van der Waals surface area contributed by atoms with Gasteiger partial charge in [-0.05, 0) is 52.7 Å². The van der Waals surface area contributed by atoms with Gasteiger partial charge in [0.25, 0.3) is 0 Å². The lowest BCUT2D eigenvalue weighted by atomic mass is 10.1. The molecule has 8 bridgehead atoms. The van der Waals surface area contributed by atoms with Crippen LogP contribution in [0.5, 0.6) is 0 Å². The van der Waals surface area contributed by atoms with Crippen LogP contribution in [0.1, 0.15) is 98.3 Å². The van der Waals surface area contributed by atoms with Crippen LogP contribution in [0.2, 0.25) is 0 Å². The lowest BCUT2D eigenvalue weighted by molar-refractivity contribution is -0.115. The number of nitrogens with zero attached hydrogens (tertiary/aromatic N) is 13. The third-order valence-electron chi connectivity index (χ3n) is 10.8. The van der Waals surface area contributed by atoms with Gasteiger partial charge in [0.15, 0.2) is 11.8 Å². The first-order valence-electron chi connectivity index (χ1n) is 22.9. The molecule has 1 aliphatic heterocycles. The molecular formula is C48H47N13O9S6. The van der Waals surface area contributed by atoms with E-state index in [9.17, 15) is 45.6 Å². The molecule has 0 fully saturated rings. The number of aromatic nitrogens is 7. The Morgan fingerprint density at radius 3 is 1.79 bits per heavy atom. The van der Waals surface area contributed by atoms with E-state index in [2.05, 4.69) is 49.9 Å². The Morgan fingerprint density at radius 2 is 1.14 bits per heavy atom. The van der Waals surface area contributed by atoms with Crippen LogP contribution < -0.4 is 0 Å². The van der Waals surface area contributed by atoms with Crippen LogP contribution in [-0.4, -0.2) is 142 Å². The number of aliphatic hydroxyl groups is 8. The standard InChI is InChI=1S/C48H47N13O9S6/c1-8-24(37(65)49-12-20(5)62)51-38(66)28-15-73-46(56-28)32-18-74-45(58-32)26-11-10-23-36(50-26)27-13-75-48(53-27)35(22(7)64)61-41(69)31-17-76-47(57-31)33(19(3)4)59-39(67)30-16-72-44(55-30)25(9-2)52-42(70)34(21(6)63)60-40(68)29-14-71-43(23)54-29/h8-11,13-19,21-22,33-35,63-64H,12H2,1-7H3,(H,49,65)(H,51,66)(H,52,70)(H,59,67)(H,60,68)(H,61,69)/b24-8-,25-9-/t21-,22-,33+,34+,35+/m1/s1. The number of thiazole rings is 6. The van der Waals surface area contributed by atoms with Crippen LogP contribution in [-0.2, 0) is 4.79 Å². The highest BCUT2D eigenvalue weighted by Gasteiger charge is 2.29. The van der Waals surface area contributed by atoms with Gasteiger partial charge in [0.2, 0.25) is 35.4 Å². The summed E-state index contributed by atoms with van der Waals surface area (Å²) in [6.07, 6.45) is 0.522. The molecule has 0 radical (unpaired) electrons. The Bertz CT molecular complexity index is 3540. The zero-order valence-electron chi connectivity index (χ0n) is 41.2. The van der Waals surface area contributed by atoms with Crippen LogP contribution >= 0.6 is 68.0 Å². The molecule has 7 aromatic heterocycles. The molecule has 76 heavy (non-hydrogen) atoms. The molecule has 0 saturated carbocycles. The lowest BCUT2D eigenvalue weighted by Gasteiger charge is -2.14. The molecule has 0 saturated heterocycles. The molecule has 7 aromatic rings. The van der Waals surface area contributed by atoms with Crippen molar-refractivity contribution in [3.05, 3.63) is 100 Å². The van der Waals surface area contributed by atoms with Crippen LogP contribution in [0.25, 0.3) is 49.1 Å². The zero-order valence-corrected chi connectivity index (χ0v) is 46.1. The summed E-state index contributed by atoms with van der Waals surface area (Å²) in [7, 11) is 0. The molecule has 8 N–H and O–H groups in total. The highest BCUT2D eigenvalue weighted by molar-refractivity contribution is 7.15. The van der Waals surface area contributed by atoms with Gasteiger partial charge in [-0.3, -0.25) is 4.79 Å². The number of ketones is 1. The molecular weight excluding hydrogens is 1100 g/mol. The second kappa shape index (κ2) is 23.8. The summed E-state index contributed by atoms with van der Waals surface area (Å²) in [4.78, 5) is 70.0. The quantitative estimate of drug-likeness (QED) is 0.0466. The predicted molar refractivity (Wildman–Crippen MR) is 300 cm³/mol. The van der Waals surface area contributed by atoms with E-state index in [-0.39, 0.29) is 58.3 Å². The smallest absolute Gasteiger partial charge is 0.239 e. The monoisotopic (exact) mass is 1140 g/mol.